The van der Waals surface area contributed by atoms with Crippen LogP contribution in [0.5, 0.6) is 0 Å². The highest BCUT2D eigenvalue weighted by molar-refractivity contribution is 5.43. The number of nitrogens with zero attached hydrogens (tertiary/aromatic N) is 2. The molecule has 0 radical (unpaired) electrons. The quantitative estimate of drug-likeness (QED) is 0.503. The molecule has 1 aromatic heterocycles. The summed E-state index contributed by atoms with van der Waals surface area (Å²) in [4.78, 5) is 8.81. The predicted octanol–water partition coefficient (Wildman–Crippen LogP) is 2.24. The number of aromatic nitrogens is 2. The van der Waals surface area contributed by atoms with Crippen LogP contribution in [0.15, 0.2) is 42.7 Å². The summed E-state index contributed by atoms with van der Waals surface area (Å²) in [5, 5.41) is 11.4. The van der Waals surface area contributed by atoms with Gasteiger partial charge in [-0.3, -0.25) is 14.7 Å². The monoisotopic (exact) mass is 279 g/mol. The van der Waals surface area contributed by atoms with E-state index in [2.05, 4.69) is 11.3 Å². The van der Waals surface area contributed by atoms with Gasteiger partial charge in [0.15, 0.2) is 0 Å². The first-order valence-electron chi connectivity index (χ1n) is 6.19. The Labute approximate surface area is 117 Å². The number of hydrogen-bond donors (Lipinski definition) is 2. The average molecular weight is 279 g/mol. The van der Waals surface area contributed by atoms with Crippen LogP contribution in [0.3, 0.4) is 0 Å². The smallest absolute Gasteiger partial charge is 0.230 e. The average Bonchev–Trinajstić information content (AvgIpc) is 3.23. The van der Waals surface area contributed by atoms with Crippen molar-refractivity contribution < 1.29 is 14.4 Å². The van der Waals surface area contributed by atoms with E-state index in [4.69, 9.17) is 10.0 Å². The van der Waals surface area contributed by atoms with Gasteiger partial charge in [0.2, 0.25) is 6.41 Å². The van der Waals surface area contributed by atoms with Crippen LogP contribution in [-0.2, 0) is 11.8 Å². The van der Waals surface area contributed by atoms with Crippen LogP contribution < -0.4 is 5.48 Å². The van der Waals surface area contributed by atoms with E-state index in [0.29, 0.717) is 0 Å². The predicted molar refractivity (Wildman–Crippen MR) is 72.6 cm³/mol. The van der Waals surface area contributed by atoms with Gasteiger partial charge in [0.1, 0.15) is 5.82 Å². The van der Waals surface area contributed by atoms with Crippen LogP contribution in [0.1, 0.15) is 24.3 Å². The number of rotatable bonds is 2. The zero-order chi connectivity index (χ0) is 14.8. The van der Waals surface area contributed by atoms with Gasteiger partial charge in [0.05, 0.1) is 6.20 Å². The molecule has 0 unspecified atom stereocenters. The van der Waals surface area contributed by atoms with E-state index >= 15 is 0 Å². The van der Waals surface area contributed by atoms with Gasteiger partial charge in [-0.15, -0.1) is 0 Å². The summed E-state index contributed by atoms with van der Waals surface area (Å²) < 4.78 is 13.8. The third kappa shape index (κ3) is 6.65. The van der Waals surface area contributed by atoms with Crippen molar-refractivity contribution in [3.8, 4) is 0 Å². The van der Waals surface area contributed by atoms with E-state index in [1.165, 1.54) is 36.0 Å². The molecule has 108 valence electrons. The van der Waals surface area contributed by atoms with Crippen molar-refractivity contribution in [2.24, 2.45) is 7.05 Å². The number of nitrogens with one attached hydrogen (secondary N) is 1. The first-order chi connectivity index (χ1) is 9.67. The Bertz CT molecular complexity index is 498. The Balaban J connectivity index is 0.000000164. The lowest BCUT2D eigenvalue weighted by Gasteiger charge is -1.84. The van der Waals surface area contributed by atoms with Crippen LogP contribution in [0.25, 0.3) is 0 Å². The van der Waals surface area contributed by atoms with Crippen molar-refractivity contribution >= 4 is 6.41 Å². The van der Waals surface area contributed by atoms with Gasteiger partial charge in [-0.2, -0.15) is 5.10 Å². The maximum absolute atomic E-state index is 11.9. The summed E-state index contributed by atoms with van der Waals surface area (Å²) in [5.74, 6) is 0.668. The molecular weight excluding hydrogens is 261 g/mol. The van der Waals surface area contributed by atoms with Crippen molar-refractivity contribution in [2.75, 3.05) is 0 Å². The molecule has 1 fully saturated rings. The second kappa shape index (κ2) is 8.82. The van der Waals surface area contributed by atoms with E-state index in [1.54, 1.807) is 18.2 Å². The minimum atomic E-state index is -0.178. The number of halogens is 1. The maximum atomic E-state index is 11.9. The largest absolute Gasteiger partial charge is 0.289 e. The second-order valence-electron chi connectivity index (χ2n) is 4.26. The molecule has 1 saturated carbocycles. The molecule has 1 heterocycles. The first-order valence-corrected chi connectivity index (χ1v) is 6.19. The summed E-state index contributed by atoms with van der Waals surface area (Å²) in [6.45, 7) is 0. The number of carbonyl (C=O) groups excluding carboxylic acids is 1. The maximum Gasteiger partial charge on any atom is 0.230 e. The zero-order valence-corrected chi connectivity index (χ0v) is 11.2. The fourth-order valence-electron chi connectivity index (χ4n) is 1.48. The van der Waals surface area contributed by atoms with Crippen molar-refractivity contribution in [2.45, 2.75) is 18.8 Å². The highest BCUT2D eigenvalue weighted by Crippen LogP contribution is 2.39. The Kier molecular flexibility index (Phi) is 6.99. The number of carbonyl (C=O) groups is 1. The highest BCUT2D eigenvalue weighted by Gasteiger charge is 2.24. The molecule has 20 heavy (non-hydrogen) atoms. The highest BCUT2D eigenvalue weighted by atomic mass is 19.1. The van der Waals surface area contributed by atoms with Crippen molar-refractivity contribution in [1.29, 1.82) is 0 Å². The topological polar surface area (TPSA) is 67.2 Å². The van der Waals surface area contributed by atoms with Crippen molar-refractivity contribution in [1.82, 2.24) is 15.3 Å². The Morgan fingerprint density at radius 2 is 2.00 bits per heavy atom. The molecule has 1 amide bonds. The number of aryl methyl sites for hydroxylation is 1. The van der Waals surface area contributed by atoms with E-state index in [1.807, 2.05) is 17.9 Å². The summed E-state index contributed by atoms with van der Waals surface area (Å²) in [7, 11) is 1.96. The van der Waals surface area contributed by atoms with Crippen molar-refractivity contribution in [3.05, 3.63) is 54.1 Å². The van der Waals surface area contributed by atoms with Crippen LogP contribution in [0.2, 0.25) is 0 Å². The summed E-state index contributed by atoms with van der Waals surface area (Å²) in [6.07, 6.45) is 6.99. The lowest BCUT2D eigenvalue weighted by Crippen LogP contribution is -1.99. The van der Waals surface area contributed by atoms with Crippen LogP contribution in [-0.4, -0.2) is 21.4 Å². The Hall–Kier alpha value is -2.21. The molecule has 6 heteroatoms. The summed E-state index contributed by atoms with van der Waals surface area (Å²) >= 11 is 0. The van der Waals surface area contributed by atoms with Gasteiger partial charge in [0, 0.05) is 13.2 Å². The third-order valence-corrected chi connectivity index (χ3v) is 2.56. The number of benzene rings is 1. The van der Waals surface area contributed by atoms with Gasteiger partial charge in [-0.1, -0.05) is 18.2 Å². The molecule has 5 nitrogen and oxygen atoms in total. The summed E-state index contributed by atoms with van der Waals surface area (Å²) in [6, 6.07) is 7.94. The number of amides is 1. The molecule has 0 spiro atoms. The van der Waals surface area contributed by atoms with Gasteiger partial charge in [-0.25, -0.2) is 9.87 Å². The Morgan fingerprint density at radius 1 is 1.40 bits per heavy atom. The first kappa shape index (κ1) is 15.8. The lowest BCUT2D eigenvalue weighted by molar-refractivity contribution is -0.116. The van der Waals surface area contributed by atoms with E-state index in [-0.39, 0.29) is 12.2 Å². The van der Waals surface area contributed by atoms with E-state index < -0.39 is 0 Å². The van der Waals surface area contributed by atoms with E-state index in [9.17, 15) is 4.39 Å². The SMILES string of the molecule is Cn1cc(C2CC2)cn1.Fc1ccccc1.O=CNO. The van der Waals surface area contributed by atoms with Gasteiger partial charge in [-0.05, 0) is 36.5 Å². The second-order valence-corrected chi connectivity index (χ2v) is 4.26. The van der Waals surface area contributed by atoms with E-state index in [0.717, 1.165) is 5.92 Å². The van der Waals surface area contributed by atoms with Crippen LogP contribution >= 0.6 is 0 Å². The lowest BCUT2D eigenvalue weighted by atomic mass is 10.2. The number of hydrogen-bond acceptors (Lipinski definition) is 3. The molecule has 1 aliphatic carbocycles. The standard InChI is InChI=1S/C7H10N2.C6H5F.CH3NO2/c1-9-5-7(4-8-9)6-2-3-6;7-6-4-2-1-3-5-6;3-1-2-4/h4-6H,2-3H2,1H3;1-5H;1,4H,(H,2,3). The fourth-order valence-corrected chi connectivity index (χ4v) is 1.48. The molecule has 0 aliphatic heterocycles. The van der Waals surface area contributed by atoms with Crippen molar-refractivity contribution in [3.63, 3.8) is 0 Å². The van der Waals surface area contributed by atoms with Crippen LogP contribution in [0.4, 0.5) is 4.39 Å². The summed E-state index contributed by atoms with van der Waals surface area (Å²) in [5.41, 5.74) is 2.66. The fraction of sp³-hybridized carbons (Fsp3) is 0.286. The molecular formula is C14H18FN3O2. The molecule has 2 aromatic rings. The molecule has 0 atom stereocenters. The third-order valence-electron chi connectivity index (χ3n) is 2.56. The number of hydroxylamine groups is 1. The minimum Gasteiger partial charge on any atom is -0.289 e. The van der Waals surface area contributed by atoms with Gasteiger partial charge in [0.25, 0.3) is 0 Å². The zero-order valence-electron chi connectivity index (χ0n) is 11.2. The Morgan fingerprint density at radius 3 is 2.30 bits per heavy atom. The molecule has 0 bridgehead atoms. The molecule has 0 saturated heterocycles. The van der Waals surface area contributed by atoms with Gasteiger partial charge >= 0.3 is 0 Å². The normalized spacial score (nSPS) is 12.3. The molecule has 1 aliphatic rings. The molecule has 3 rings (SSSR count). The molecule has 2 N–H and O–H groups in total. The van der Waals surface area contributed by atoms with Crippen LogP contribution in [0, 0.1) is 5.82 Å². The van der Waals surface area contributed by atoms with Gasteiger partial charge < -0.3 is 0 Å². The molecule has 1 aromatic carbocycles. The minimum absolute atomic E-state index is 0.178.